The number of benzene rings is 2. The fraction of sp³-hybridized carbons (Fsp3) is 0.318. The number of ether oxygens (including phenoxy) is 1. The molecule has 2 aromatic carbocycles. The van der Waals surface area contributed by atoms with Gasteiger partial charge in [-0.1, -0.05) is 18.2 Å². The standard InChI is InChI=1S/C22H22F2N4O3/c1-12(13-5-9-15(10-6-13)31-11-18(29)26-14-7-8-14)25-22(30)16-3-2-4-17-19(16)28-21(27-17)20(23)24/h2-6,9-10,12,14,20H,7-8,11H2,1H3,(H,25,30)(H,26,29)(H,27,28). The highest BCUT2D eigenvalue weighted by Gasteiger charge is 2.23. The van der Waals surface area contributed by atoms with Crippen molar-refractivity contribution in [2.45, 2.75) is 38.3 Å². The van der Waals surface area contributed by atoms with Crippen molar-refractivity contribution in [3.8, 4) is 5.75 Å². The SMILES string of the molecule is CC(NC(=O)c1cccc2[nH]c(C(F)F)nc12)c1ccc(OCC(=O)NC2CC2)cc1. The Balaban J connectivity index is 1.38. The fourth-order valence-corrected chi connectivity index (χ4v) is 3.19. The number of nitrogens with one attached hydrogen (secondary N) is 3. The highest BCUT2D eigenvalue weighted by atomic mass is 19.3. The average Bonchev–Trinajstić information content (AvgIpc) is 3.45. The van der Waals surface area contributed by atoms with Crippen LogP contribution in [0.4, 0.5) is 8.78 Å². The number of fused-ring (bicyclic) bond motifs is 1. The number of para-hydroxylation sites is 1. The number of H-pyrrole nitrogens is 1. The van der Waals surface area contributed by atoms with Crippen LogP contribution in [0.2, 0.25) is 0 Å². The normalized spacial score (nSPS) is 14.5. The number of imidazole rings is 1. The molecule has 2 amide bonds. The highest BCUT2D eigenvalue weighted by molar-refractivity contribution is 6.05. The lowest BCUT2D eigenvalue weighted by Crippen LogP contribution is -2.30. The van der Waals surface area contributed by atoms with Gasteiger partial charge in [0.05, 0.1) is 17.1 Å². The number of rotatable bonds is 8. The van der Waals surface area contributed by atoms with Gasteiger partial charge in [-0.25, -0.2) is 13.8 Å². The summed E-state index contributed by atoms with van der Waals surface area (Å²) in [6, 6.07) is 11.7. The molecule has 7 nitrogen and oxygen atoms in total. The third-order valence-electron chi connectivity index (χ3n) is 5.02. The predicted molar refractivity (Wildman–Crippen MR) is 110 cm³/mol. The lowest BCUT2D eigenvalue weighted by atomic mass is 10.1. The maximum Gasteiger partial charge on any atom is 0.295 e. The first-order valence-corrected chi connectivity index (χ1v) is 10.0. The molecule has 9 heteroatoms. The summed E-state index contributed by atoms with van der Waals surface area (Å²) >= 11 is 0. The summed E-state index contributed by atoms with van der Waals surface area (Å²) in [6.45, 7) is 1.77. The van der Waals surface area contributed by atoms with Crippen molar-refractivity contribution in [3.05, 3.63) is 59.4 Å². The van der Waals surface area contributed by atoms with Crippen LogP contribution in [-0.4, -0.2) is 34.4 Å². The molecule has 3 N–H and O–H groups in total. The number of nitrogens with zero attached hydrogens (tertiary/aromatic N) is 1. The van der Waals surface area contributed by atoms with Gasteiger partial charge in [0, 0.05) is 6.04 Å². The quantitative estimate of drug-likeness (QED) is 0.510. The molecule has 1 aliphatic rings. The predicted octanol–water partition coefficient (Wildman–Crippen LogP) is 3.65. The molecule has 4 rings (SSSR count). The lowest BCUT2D eigenvalue weighted by molar-refractivity contribution is -0.123. The molecule has 31 heavy (non-hydrogen) atoms. The van der Waals surface area contributed by atoms with Crippen LogP contribution in [0.3, 0.4) is 0 Å². The fourth-order valence-electron chi connectivity index (χ4n) is 3.19. The molecule has 0 aliphatic heterocycles. The van der Waals surface area contributed by atoms with Gasteiger partial charge in [-0.3, -0.25) is 9.59 Å². The number of amides is 2. The van der Waals surface area contributed by atoms with Crippen molar-refractivity contribution in [2.24, 2.45) is 0 Å². The van der Waals surface area contributed by atoms with Crippen molar-refractivity contribution in [1.82, 2.24) is 20.6 Å². The third-order valence-corrected chi connectivity index (χ3v) is 5.02. The molecule has 1 fully saturated rings. The molecule has 0 radical (unpaired) electrons. The van der Waals surface area contributed by atoms with E-state index < -0.39 is 18.2 Å². The molecule has 1 aromatic heterocycles. The first-order chi connectivity index (χ1) is 14.9. The van der Waals surface area contributed by atoms with Crippen molar-refractivity contribution in [3.63, 3.8) is 0 Å². The van der Waals surface area contributed by atoms with Crippen LogP contribution in [-0.2, 0) is 4.79 Å². The van der Waals surface area contributed by atoms with E-state index in [1.807, 2.05) is 6.92 Å². The zero-order valence-corrected chi connectivity index (χ0v) is 16.8. The summed E-state index contributed by atoms with van der Waals surface area (Å²) in [6.07, 6.45) is -0.708. The van der Waals surface area contributed by atoms with Crippen LogP contribution in [0.1, 0.15) is 54.0 Å². The second-order valence-electron chi connectivity index (χ2n) is 7.52. The minimum atomic E-state index is -2.75. The van der Waals surface area contributed by atoms with Crippen LogP contribution in [0, 0.1) is 0 Å². The van der Waals surface area contributed by atoms with Crippen molar-refractivity contribution in [2.75, 3.05) is 6.61 Å². The molecular formula is C22H22F2N4O3. The van der Waals surface area contributed by atoms with E-state index in [-0.39, 0.29) is 35.7 Å². The van der Waals surface area contributed by atoms with Gasteiger partial charge in [0.25, 0.3) is 18.2 Å². The van der Waals surface area contributed by atoms with Gasteiger partial charge in [0.2, 0.25) is 0 Å². The van der Waals surface area contributed by atoms with E-state index in [4.69, 9.17) is 4.74 Å². The minimum Gasteiger partial charge on any atom is -0.484 e. The van der Waals surface area contributed by atoms with Gasteiger partial charge in [0.1, 0.15) is 11.3 Å². The average molecular weight is 428 g/mol. The zero-order valence-electron chi connectivity index (χ0n) is 16.8. The number of carbonyl (C=O) groups excluding carboxylic acids is 2. The smallest absolute Gasteiger partial charge is 0.295 e. The van der Waals surface area contributed by atoms with E-state index in [1.54, 1.807) is 42.5 Å². The van der Waals surface area contributed by atoms with E-state index in [0.29, 0.717) is 11.3 Å². The van der Waals surface area contributed by atoms with E-state index in [1.165, 1.54) is 0 Å². The Morgan fingerprint density at radius 1 is 1.19 bits per heavy atom. The Kier molecular flexibility index (Phi) is 5.83. The second-order valence-corrected chi connectivity index (χ2v) is 7.52. The van der Waals surface area contributed by atoms with Crippen LogP contribution in [0.15, 0.2) is 42.5 Å². The number of carbonyl (C=O) groups is 2. The Morgan fingerprint density at radius 3 is 2.61 bits per heavy atom. The first kappa shape index (κ1) is 20.8. The summed E-state index contributed by atoms with van der Waals surface area (Å²) in [5.74, 6) is -0.476. The van der Waals surface area contributed by atoms with Crippen LogP contribution in [0.5, 0.6) is 5.75 Å². The van der Waals surface area contributed by atoms with Gasteiger partial charge in [-0.15, -0.1) is 0 Å². The number of alkyl halides is 2. The molecule has 1 heterocycles. The molecule has 1 saturated carbocycles. The molecule has 1 aliphatic carbocycles. The minimum absolute atomic E-state index is 0.0452. The molecule has 1 atom stereocenters. The highest BCUT2D eigenvalue weighted by Crippen LogP contribution is 2.24. The summed E-state index contributed by atoms with van der Waals surface area (Å²) in [4.78, 5) is 30.8. The third kappa shape index (κ3) is 4.99. The van der Waals surface area contributed by atoms with Gasteiger partial charge >= 0.3 is 0 Å². The van der Waals surface area contributed by atoms with Crippen molar-refractivity contribution >= 4 is 22.8 Å². The topological polar surface area (TPSA) is 96.1 Å². The van der Waals surface area contributed by atoms with E-state index in [9.17, 15) is 18.4 Å². The molecule has 1 unspecified atom stereocenters. The molecule has 0 saturated heterocycles. The maximum absolute atomic E-state index is 12.9. The summed E-state index contributed by atoms with van der Waals surface area (Å²) in [5, 5.41) is 5.71. The Morgan fingerprint density at radius 2 is 1.94 bits per heavy atom. The monoisotopic (exact) mass is 428 g/mol. The van der Waals surface area contributed by atoms with Gasteiger partial charge in [0.15, 0.2) is 12.4 Å². The zero-order chi connectivity index (χ0) is 22.0. The largest absolute Gasteiger partial charge is 0.484 e. The number of aromatic nitrogens is 2. The summed E-state index contributed by atoms with van der Waals surface area (Å²) in [7, 11) is 0. The van der Waals surface area contributed by atoms with E-state index in [0.717, 1.165) is 18.4 Å². The summed E-state index contributed by atoms with van der Waals surface area (Å²) in [5.41, 5.74) is 1.62. The van der Waals surface area contributed by atoms with Crippen LogP contribution >= 0.6 is 0 Å². The Hall–Kier alpha value is -3.49. The maximum atomic E-state index is 12.9. The number of aromatic amines is 1. The second kappa shape index (κ2) is 8.71. The van der Waals surface area contributed by atoms with Crippen molar-refractivity contribution < 1.29 is 23.1 Å². The van der Waals surface area contributed by atoms with Gasteiger partial charge < -0.3 is 20.4 Å². The number of hydrogen-bond donors (Lipinski definition) is 3. The van der Waals surface area contributed by atoms with Gasteiger partial charge in [-0.2, -0.15) is 0 Å². The van der Waals surface area contributed by atoms with Crippen LogP contribution < -0.4 is 15.4 Å². The Bertz CT molecular complexity index is 1090. The molecule has 0 spiro atoms. The van der Waals surface area contributed by atoms with E-state index in [2.05, 4.69) is 20.6 Å². The molecule has 0 bridgehead atoms. The van der Waals surface area contributed by atoms with Gasteiger partial charge in [-0.05, 0) is 49.6 Å². The number of hydrogen-bond acceptors (Lipinski definition) is 4. The molecule has 3 aromatic rings. The number of halogens is 2. The van der Waals surface area contributed by atoms with Crippen molar-refractivity contribution in [1.29, 1.82) is 0 Å². The molecular weight excluding hydrogens is 406 g/mol. The van der Waals surface area contributed by atoms with E-state index >= 15 is 0 Å². The van der Waals surface area contributed by atoms with Crippen LogP contribution in [0.25, 0.3) is 11.0 Å². The first-order valence-electron chi connectivity index (χ1n) is 10.0. The summed E-state index contributed by atoms with van der Waals surface area (Å²) < 4.78 is 31.3. The lowest BCUT2D eigenvalue weighted by Gasteiger charge is -2.15. The Labute approximate surface area is 177 Å². The molecule has 162 valence electrons.